The first-order valence-electron chi connectivity index (χ1n) is 6.34. The Kier molecular flexibility index (Phi) is 4.57. The number of carbonyl (C=O) groups is 1. The fraction of sp³-hybridized carbons (Fsp3) is 0.615. The van der Waals surface area contributed by atoms with Gasteiger partial charge in [0.15, 0.2) is 0 Å². The lowest BCUT2D eigenvalue weighted by atomic mass is 9.84. The number of hydrogen-bond acceptors (Lipinski definition) is 3. The Morgan fingerprint density at radius 3 is 2.82 bits per heavy atom. The maximum absolute atomic E-state index is 12.0. The number of carbonyl (C=O) groups excluding carboxylic acids is 1. The van der Waals surface area contributed by atoms with Crippen molar-refractivity contribution in [3.8, 4) is 0 Å². The van der Waals surface area contributed by atoms with Crippen LogP contribution in [0, 0.1) is 5.92 Å². The monoisotopic (exact) mass is 252 g/mol. The zero-order chi connectivity index (χ0) is 12.1. The van der Waals surface area contributed by atoms with Crippen LogP contribution in [0.15, 0.2) is 16.8 Å². The summed E-state index contributed by atoms with van der Waals surface area (Å²) in [4.78, 5) is 12.0. The number of nitrogens with two attached hydrogens (primary N) is 1. The van der Waals surface area contributed by atoms with Crippen molar-refractivity contribution in [1.29, 1.82) is 0 Å². The van der Waals surface area contributed by atoms with Gasteiger partial charge in [-0.15, -0.1) is 0 Å². The molecule has 1 aromatic rings. The zero-order valence-electron chi connectivity index (χ0n) is 10.0. The summed E-state index contributed by atoms with van der Waals surface area (Å²) in [7, 11) is 0. The molecule has 1 heterocycles. The van der Waals surface area contributed by atoms with Crippen LogP contribution in [0.2, 0.25) is 0 Å². The summed E-state index contributed by atoms with van der Waals surface area (Å²) < 4.78 is 0. The number of hydrogen-bond donors (Lipinski definition) is 2. The van der Waals surface area contributed by atoms with Crippen molar-refractivity contribution in [3.05, 3.63) is 22.4 Å². The molecule has 1 amide bonds. The third-order valence-electron chi connectivity index (χ3n) is 3.57. The number of amides is 1. The molecule has 1 saturated carbocycles. The van der Waals surface area contributed by atoms with Crippen molar-refractivity contribution in [2.75, 3.05) is 6.54 Å². The minimum Gasteiger partial charge on any atom is -0.348 e. The third-order valence-corrected chi connectivity index (χ3v) is 4.26. The van der Waals surface area contributed by atoms with Gasteiger partial charge in [0.2, 0.25) is 0 Å². The molecule has 0 bridgehead atoms. The summed E-state index contributed by atoms with van der Waals surface area (Å²) in [5.74, 6) is 0.587. The van der Waals surface area contributed by atoms with Crippen molar-refractivity contribution in [3.63, 3.8) is 0 Å². The fourth-order valence-corrected chi connectivity index (χ4v) is 3.19. The Hall–Kier alpha value is -0.870. The van der Waals surface area contributed by atoms with E-state index in [2.05, 4.69) is 5.32 Å². The molecule has 1 fully saturated rings. The topological polar surface area (TPSA) is 55.1 Å². The summed E-state index contributed by atoms with van der Waals surface area (Å²) in [5.41, 5.74) is 6.55. The molecule has 17 heavy (non-hydrogen) atoms. The van der Waals surface area contributed by atoms with Gasteiger partial charge in [-0.25, -0.2) is 0 Å². The maximum atomic E-state index is 12.0. The molecule has 0 radical (unpaired) electrons. The average molecular weight is 252 g/mol. The average Bonchev–Trinajstić information content (AvgIpc) is 2.90. The van der Waals surface area contributed by atoms with E-state index in [1.54, 1.807) is 11.3 Å². The number of rotatable bonds is 4. The Morgan fingerprint density at radius 2 is 2.24 bits per heavy atom. The normalized spacial score (nSPS) is 18.9. The van der Waals surface area contributed by atoms with E-state index in [0.29, 0.717) is 12.5 Å². The van der Waals surface area contributed by atoms with E-state index in [9.17, 15) is 4.79 Å². The quantitative estimate of drug-likeness (QED) is 0.864. The molecule has 3 N–H and O–H groups in total. The Bertz CT molecular complexity index is 344. The molecule has 1 atom stereocenters. The minimum atomic E-state index is 0.0206. The Balaban J connectivity index is 1.92. The van der Waals surface area contributed by atoms with Crippen LogP contribution >= 0.6 is 11.3 Å². The largest absolute Gasteiger partial charge is 0.348 e. The highest BCUT2D eigenvalue weighted by Gasteiger charge is 2.24. The molecule has 0 aromatic carbocycles. The van der Waals surface area contributed by atoms with Crippen LogP contribution in [0.1, 0.15) is 42.5 Å². The van der Waals surface area contributed by atoms with E-state index < -0.39 is 0 Å². The van der Waals surface area contributed by atoms with E-state index in [1.165, 1.54) is 32.1 Å². The predicted octanol–water partition coefficient (Wildman–Crippen LogP) is 2.39. The molecule has 0 saturated heterocycles. The molecular formula is C13H20N2OS. The molecule has 3 nitrogen and oxygen atoms in total. The van der Waals surface area contributed by atoms with Gasteiger partial charge in [-0.05, 0) is 30.2 Å². The first-order chi connectivity index (χ1) is 8.31. The van der Waals surface area contributed by atoms with Gasteiger partial charge in [-0.3, -0.25) is 4.79 Å². The van der Waals surface area contributed by atoms with E-state index >= 15 is 0 Å². The van der Waals surface area contributed by atoms with Gasteiger partial charge in [0.05, 0.1) is 0 Å². The number of nitrogens with one attached hydrogen (secondary N) is 1. The summed E-state index contributed by atoms with van der Waals surface area (Å²) in [5, 5.41) is 6.88. The van der Waals surface area contributed by atoms with E-state index in [1.807, 2.05) is 16.8 Å². The van der Waals surface area contributed by atoms with E-state index in [4.69, 9.17) is 5.73 Å². The van der Waals surface area contributed by atoms with Gasteiger partial charge in [0.25, 0.3) is 5.91 Å². The summed E-state index contributed by atoms with van der Waals surface area (Å²) in [6, 6.07) is 2.00. The second-order valence-corrected chi connectivity index (χ2v) is 5.51. The molecule has 1 unspecified atom stereocenters. The van der Waals surface area contributed by atoms with Crippen LogP contribution < -0.4 is 11.1 Å². The molecule has 0 spiro atoms. The smallest absolute Gasteiger partial charge is 0.252 e. The zero-order valence-corrected chi connectivity index (χ0v) is 10.8. The fourth-order valence-electron chi connectivity index (χ4n) is 2.55. The molecule has 1 aliphatic rings. The lowest BCUT2D eigenvalue weighted by Crippen LogP contribution is -2.45. The summed E-state index contributed by atoms with van der Waals surface area (Å²) >= 11 is 1.55. The molecule has 2 rings (SSSR count). The minimum absolute atomic E-state index is 0.0206. The first kappa shape index (κ1) is 12.6. The summed E-state index contributed by atoms with van der Waals surface area (Å²) in [6.45, 7) is 0.542. The molecule has 0 aliphatic heterocycles. The predicted molar refractivity (Wildman–Crippen MR) is 71.2 cm³/mol. The molecular weight excluding hydrogens is 232 g/mol. The summed E-state index contributed by atoms with van der Waals surface area (Å²) in [6.07, 6.45) is 6.27. The third kappa shape index (κ3) is 3.30. The van der Waals surface area contributed by atoms with Gasteiger partial charge >= 0.3 is 0 Å². The van der Waals surface area contributed by atoms with Gasteiger partial charge in [-0.1, -0.05) is 19.3 Å². The lowest BCUT2D eigenvalue weighted by Gasteiger charge is -2.29. The van der Waals surface area contributed by atoms with Gasteiger partial charge in [0, 0.05) is 23.5 Å². The highest BCUT2D eigenvalue weighted by Crippen LogP contribution is 2.26. The van der Waals surface area contributed by atoms with Crippen LogP contribution in [-0.4, -0.2) is 18.5 Å². The van der Waals surface area contributed by atoms with E-state index in [-0.39, 0.29) is 11.9 Å². The second-order valence-electron chi connectivity index (χ2n) is 4.73. The van der Waals surface area contributed by atoms with Crippen LogP contribution in [-0.2, 0) is 0 Å². The highest BCUT2D eigenvalue weighted by atomic mass is 32.1. The maximum Gasteiger partial charge on any atom is 0.252 e. The van der Waals surface area contributed by atoms with Gasteiger partial charge < -0.3 is 11.1 Å². The van der Waals surface area contributed by atoms with Gasteiger partial charge in [-0.2, -0.15) is 11.3 Å². The van der Waals surface area contributed by atoms with Crippen molar-refractivity contribution in [2.24, 2.45) is 11.7 Å². The van der Waals surface area contributed by atoms with Crippen molar-refractivity contribution in [2.45, 2.75) is 38.1 Å². The molecule has 4 heteroatoms. The molecule has 94 valence electrons. The van der Waals surface area contributed by atoms with Crippen molar-refractivity contribution in [1.82, 2.24) is 5.32 Å². The lowest BCUT2D eigenvalue weighted by molar-refractivity contribution is 0.0916. The SMILES string of the molecule is NCC(NC(=O)c1ccsc1)C1CCCCC1. The van der Waals surface area contributed by atoms with Crippen molar-refractivity contribution >= 4 is 17.2 Å². The Morgan fingerprint density at radius 1 is 1.47 bits per heavy atom. The number of thiophene rings is 1. The van der Waals surface area contributed by atoms with E-state index in [0.717, 1.165) is 5.56 Å². The second kappa shape index (κ2) is 6.17. The molecule has 1 aliphatic carbocycles. The molecule has 1 aromatic heterocycles. The van der Waals surface area contributed by atoms with Crippen LogP contribution in [0.3, 0.4) is 0 Å². The van der Waals surface area contributed by atoms with Gasteiger partial charge in [0.1, 0.15) is 0 Å². The Labute approximate surface area is 106 Å². The van der Waals surface area contributed by atoms with Crippen molar-refractivity contribution < 1.29 is 4.79 Å². The standard InChI is InChI=1S/C13H20N2OS/c14-8-12(10-4-2-1-3-5-10)15-13(16)11-6-7-17-9-11/h6-7,9-10,12H,1-5,8,14H2,(H,15,16). The van der Waals surface area contributed by atoms with Crippen LogP contribution in [0.4, 0.5) is 0 Å². The van der Waals surface area contributed by atoms with Crippen LogP contribution in [0.5, 0.6) is 0 Å². The first-order valence-corrected chi connectivity index (χ1v) is 7.28. The van der Waals surface area contributed by atoms with Crippen LogP contribution in [0.25, 0.3) is 0 Å². The highest BCUT2D eigenvalue weighted by molar-refractivity contribution is 7.08.